The molecule has 0 saturated carbocycles. The van der Waals surface area contributed by atoms with E-state index < -0.39 is 0 Å². The molecule has 0 unspecified atom stereocenters. The monoisotopic (exact) mass is 352 g/mol. The van der Waals surface area contributed by atoms with Crippen LogP contribution in [0.25, 0.3) is 0 Å². The van der Waals surface area contributed by atoms with Crippen molar-refractivity contribution in [1.82, 2.24) is 15.3 Å². The van der Waals surface area contributed by atoms with E-state index in [1.54, 1.807) is 6.20 Å². The molecular formula is C16H18Cl2N4O. The van der Waals surface area contributed by atoms with Crippen LogP contribution in [-0.4, -0.2) is 29.0 Å². The quantitative estimate of drug-likeness (QED) is 0.807. The zero-order valence-electron chi connectivity index (χ0n) is 13.0. The highest BCUT2D eigenvalue weighted by molar-refractivity contribution is 6.33. The standard InChI is InChI=1S/C16H18Cl2N4O/c1-3-22(4-2)15-6-5-11(9-19-15)10-20-16(23)12-7-13(17)21-14(18)8-12/h5-9H,3-4,10H2,1-2H3,(H,20,23). The summed E-state index contributed by atoms with van der Waals surface area (Å²) in [7, 11) is 0. The minimum Gasteiger partial charge on any atom is -0.357 e. The molecule has 2 aromatic rings. The first-order valence-corrected chi connectivity index (χ1v) is 8.10. The van der Waals surface area contributed by atoms with Gasteiger partial charge in [-0.3, -0.25) is 4.79 Å². The first-order valence-electron chi connectivity index (χ1n) is 7.34. The highest BCUT2D eigenvalue weighted by atomic mass is 35.5. The van der Waals surface area contributed by atoms with Crippen molar-refractivity contribution < 1.29 is 4.79 Å². The van der Waals surface area contributed by atoms with Crippen LogP contribution in [0, 0.1) is 0 Å². The summed E-state index contributed by atoms with van der Waals surface area (Å²) in [6.07, 6.45) is 1.76. The molecule has 1 N–H and O–H groups in total. The van der Waals surface area contributed by atoms with Crippen molar-refractivity contribution >= 4 is 34.9 Å². The Hall–Kier alpha value is -1.85. The Labute approximate surface area is 145 Å². The number of aromatic nitrogens is 2. The van der Waals surface area contributed by atoms with Crippen molar-refractivity contribution in [1.29, 1.82) is 0 Å². The van der Waals surface area contributed by atoms with E-state index in [0.717, 1.165) is 24.5 Å². The van der Waals surface area contributed by atoms with E-state index in [9.17, 15) is 4.79 Å². The van der Waals surface area contributed by atoms with Crippen molar-refractivity contribution in [2.45, 2.75) is 20.4 Å². The topological polar surface area (TPSA) is 58.1 Å². The first-order chi connectivity index (χ1) is 11.0. The molecular weight excluding hydrogens is 335 g/mol. The molecule has 0 aromatic carbocycles. The molecule has 0 aliphatic rings. The maximum absolute atomic E-state index is 12.1. The van der Waals surface area contributed by atoms with Crippen molar-refractivity contribution in [3.05, 3.63) is 51.9 Å². The molecule has 122 valence electrons. The molecule has 1 amide bonds. The van der Waals surface area contributed by atoms with Crippen LogP contribution in [0.4, 0.5) is 5.82 Å². The van der Waals surface area contributed by atoms with Gasteiger partial charge < -0.3 is 10.2 Å². The van der Waals surface area contributed by atoms with Gasteiger partial charge in [-0.05, 0) is 37.6 Å². The van der Waals surface area contributed by atoms with Gasteiger partial charge in [0.05, 0.1) is 0 Å². The number of pyridine rings is 2. The van der Waals surface area contributed by atoms with Crippen LogP contribution < -0.4 is 10.2 Å². The summed E-state index contributed by atoms with van der Waals surface area (Å²) < 4.78 is 0. The second-order valence-electron chi connectivity index (χ2n) is 4.88. The number of nitrogens with one attached hydrogen (secondary N) is 1. The molecule has 0 spiro atoms. The molecule has 2 rings (SSSR count). The molecule has 0 atom stereocenters. The number of halogens is 2. The Morgan fingerprint density at radius 3 is 2.35 bits per heavy atom. The molecule has 0 radical (unpaired) electrons. The minimum absolute atomic E-state index is 0.188. The number of carbonyl (C=O) groups is 1. The van der Waals surface area contributed by atoms with Crippen molar-refractivity contribution in [2.24, 2.45) is 0 Å². The average Bonchev–Trinajstić information content (AvgIpc) is 2.54. The summed E-state index contributed by atoms with van der Waals surface area (Å²) in [6, 6.07) is 6.86. The lowest BCUT2D eigenvalue weighted by Gasteiger charge is -2.19. The molecule has 0 aliphatic carbocycles. The Morgan fingerprint density at radius 2 is 1.83 bits per heavy atom. The second-order valence-corrected chi connectivity index (χ2v) is 5.66. The fourth-order valence-electron chi connectivity index (χ4n) is 2.14. The Kier molecular flexibility index (Phi) is 6.19. The third-order valence-electron chi connectivity index (χ3n) is 3.37. The molecule has 0 aliphatic heterocycles. The zero-order chi connectivity index (χ0) is 16.8. The van der Waals surface area contributed by atoms with Gasteiger partial charge in [0.2, 0.25) is 0 Å². The van der Waals surface area contributed by atoms with Crippen LogP contribution in [0.1, 0.15) is 29.8 Å². The Morgan fingerprint density at radius 1 is 1.17 bits per heavy atom. The number of hydrogen-bond donors (Lipinski definition) is 1. The molecule has 0 bridgehead atoms. The van der Waals surface area contributed by atoms with Gasteiger partial charge in [0.15, 0.2) is 0 Å². The highest BCUT2D eigenvalue weighted by Crippen LogP contribution is 2.15. The number of rotatable bonds is 6. The summed E-state index contributed by atoms with van der Waals surface area (Å²) in [4.78, 5) is 22.5. The van der Waals surface area contributed by atoms with Gasteiger partial charge in [-0.2, -0.15) is 0 Å². The lowest BCUT2D eigenvalue weighted by atomic mass is 10.2. The number of anilines is 1. The van der Waals surface area contributed by atoms with Gasteiger partial charge in [0.1, 0.15) is 16.1 Å². The fourth-order valence-corrected chi connectivity index (χ4v) is 2.60. The third-order valence-corrected chi connectivity index (χ3v) is 3.76. The van der Waals surface area contributed by atoms with Crippen LogP contribution in [0.3, 0.4) is 0 Å². The van der Waals surface area contributed by atoms with Crippen molar-refractivity contribution in [2.75, 3.05) is 18.0 Å². The van der Waals surface area contributed by atoms with Crippen LogP contribution >= 0.6 is 23.2 Å². The molecule has 5 nitrogen and oxygen atoms in total. The highest BCUT2D eigenvalue weighted by Gasteiger charge is 2.09. The normalized spacial score (nSPS) is 10.4. The number of hydrogen-bond acceptors (Lipinski definition) is 4. The molecule has 0 saturated heterocycles. The molecule has 23 heavy (non-hydrogen) atoms. The minimum atomic E-state index is -0.260. The van der Waals surface area contributed by atoms with Crippen LogP contribution in [0.5, 0.6) is 0 Å². The number of nitrogens with zero attached hydrogens (tertiary/aromatic N) is 3. The lowest BCUT2D eigenvalue weighted by Crippen LogP contribution is -2.24. The number of amides is 1. The van der Waals surface area contributed by atoms with E-state index in [1.165, 1.54) is 12.1 Å². The predicted octanol–water partition coefficient (Wildman–Crippen LogP) is 3.56. The average molecular weight is 353 g/mol. The maximum Gasteiger partial charge on any atom is 0.251 e. The van der Waals surface area contributed by atoms with Crippen molar-refractivity contribution in [3.8, 4) is 0 Å². The molecule has 0 fully saturated rings. The van der Waals surface area contributed by atoms with Gasteiger partial charge in [0, 0.05) is 31.4 Å². The van der Waals surface area contributed by atoms with E-state index in [-0.39, 0.29) is 16.2 Å². The lowest BCUT2D eigenvalue weighted by molar-refractivity contribution is 0.0951. The third kappa shape index (κ3) is 4.81. The first kappa shape index (κ1) is 17.5. The number of carbonyl (C=O) groups excluding carboxylic acids is 1. The van der Waals surface area contributed by atoms with Gasteiger partial charge in [-0.25, -0.2) is 9.97 Å². The van der Waals surface area contributed by atoms with E-state index in [1.807, 2.05) is 12.1 Å². The van der Waals surface area contributed by atoms with E-state index in [0.29, 0.717) is 12.1 Å². The van der Waals surface area contributed by atoms with Gasteiger partial charge in [-0.1, -0.05) is 29.3 Å². The molecule has 7 heteroatoms. The Balaban J connectivity index is 1.99. The van der Waals surface area contributed by atoms with Crippen LogP contribution in [0.15, 0.2) is 30.5 Å². The fraction of sp³-hybridized carbons (Fsp3) is 0.312. The summed E-state index contributed by atoms with van der Waals surface area (Å²) in [5.74, 6) is 0.668. The predicted molar refractivity (Wildman–Crippen MR) is 93.2 cm³/mol. The largest absolute Gasteiger partial charge is 0.357 e. The summed E-state index contributed by atoms with van der Waals surface area (Å²) in [5.41, 5.74) is 1.29. The smallest absolute Gasteiger partial charge is 0.251 e. The molecule has 2 heterocycles. The van der Waals surface area contributed by atoms with E-state index in [2.05, 4.69) is 34.0 Å². The SMILES string of the molecule is CCN(CC)c1ccc(CNC(=O)c2cc(Cl)nc(Cl)c2)cn1. The van der Waals surface area contributed by atoms with Gasteiger partial charge >= 0.3 is 0 Å². The zero-order valence-corrected chi connectivity index (χ0v) is 14.5. The second kappa shape index (κ2) is 8.13. The maximum atomic E-state index is 12.1. The van der Waals surface area contributed by atoms with Crippen LogP contribution in [0.2, 0.25) is 10.3 Å². The Bertz CT molecular complexity index is 652. The van der Waals surface area contributed by atoms with Crippen LogP contribution in [-0.2, 0) is 6.54 Å². The summed E-state index contributed by atoms with van der Waals surface area (Å²) >= 11 is 11.6. The summed E-state index contributed by atoms with van der Waals surface area (Å²) in [5, 5.41) is 3.18. The van der Waals surface area contributed by atoms with Gasteiger partial charge in [-0.15, -0.1) is 0 Å². The van der Waals surface area contributed by atoms with E-state index in [4.69, 9.17) is 23.2 Å². The summed E-state index contributed by atoms with van der Waals surface area (Å²) in [6.45, 7) is 6.36. The molecule has 2 aromatic heterocycles. The van der Waals surface area contributed by atoms with E-state index >= 15 is 0 Å². The van der Waals surface area contributed by atoms with Gasteiger partial charge in [0.25, 0.3) is 5.91 Å². The van der Waals surface area contributed by atoms with Crippen molar-refractivity contribution in [3.63, 3.8) is 0 Å².